The number of rotatable bonds is 3. The number of allylic oxidation sites excluding steroid dienone is 4. The lowest BCUT2D eigenvalue weighted by atomic mass is 9.90. The summed E-state index contributed by atoms with van der Waals surface area (Å²) < 4.78 is 0. The van der Waals surface area contributed by atoms with Gasteiger partial charge in [-0.05, 0) is 31.8 Å². The molecule has 0 saturated heterocycles. The van der Waals surface area contributed by atoms with Crippen LogP contribution < -0.4 is 0 Å². The van der Waals surface area contributed by atoms with Crippen LogP contribution in [0.3, 0.4) is 0 Å². The number of aldehydes is 1. The summed E-state index contributed by atoms with van der Waals surface area (Å²) in [5.41, 5.74) is 2.61. The first-order valence-corrected chi connectivity index (χ1v) is 5.05. The van der Waals surface area contributed by atoms with Crippen LogP contribution in [-0.2, 0) is 4.79 Å². The first-order valence-electron chi connectivity index (χ1n) is 5.05. The predicted octanol–water partition coefficient (Wildman–Crippen LogP) is 2.49. The Morgan fingerprint density at radius 3 is 2.64 bits per heavy atom. The summed E-state index contributed by atoms with van der Waals surface area (Å²) in [7, 11) is 1.00. The predicted molar refractivity (Wildman–Crippen MR) is 59.1 cm³/mol. The molecule has 2 heteroatoms. The summed E-state index contributed by atoms with van der Waals surface area (Å²) in [6, 6.07) is 0. The van der Waals surface area contributed by atoms with E-state index in [1.807, 2.05) is 0 Å². The fourth-order valence-electron chi connectivity index (χ4n) is 1.55. The molecule has 0 aromatic rings. The highest BCUT2D eigenvalue weighted by atomic mass is 16.2. The van der Waals surface area contributed by atoms with Crippen molar-refractivity contribution < 1.29 is 9.90 Å². The zero-order valence-electron chi connectivity index (χ0n) is 9.29. The molecule has 1 aliphatic carbocycles. The smallest absolute Gasteiger partial charge is 0.127 e. The Hall–Kier alpha value is -0.890. The molecule has 0 heterocycles. The van der Waals surface area contributed by atoms with E-state index in [4.69, 9.17) is 5.11 Å². The third kappa shape index (κ3) is 3.88. The van der Waals surface area contributed by atoms with Crippen molar-refractivity contribution in [2.45, 2.75) is 33.1 Å². The van der Waals surface area contributed by atoms with Gasteiger partial charge in [-0.2, -0.15) is 0 Å². The molecule has 1 aliphatic rings. The Kier molecular flexibility index (Phi) is 7.03. The fraction of sp³-hybridized carbons (Fsp3) is 0.583. The van der Waals surface area contributed by atoms with E-state index in [1.54, 1.807) is 0 Å². The molecule has 1 N–H and O–H groups in total. The Labute approximate surface area is 86.3 Å². The lowest BCUT2D eigenvalue weighted by Crippen LogP contribution is -2.05. The van der Waals surface area contributed by atoms with E-state index in [-0.39, 0.29) is 5.92 Å². The molecule has 0 aromatic carbocycles. The van der Waals surface area contributed by atoms with Crippen LogP contribution in [0.2, 0.25) is 0 Å². The standard InChI is InChI=1S/C11H16O.CH4O/c1-3-10(8-12)11-6-4-5-9(2)7-11;1-2/h6-8,10H,3-5H2,1-2H3;2H,1H3. The molecule has 1 unspecified atom stereocenters. The molecule has 0 saturated carbocycles. The van der Waals surface area contributed by atoms with Gasteiger partial charge in [0.05, 0.1) is 0 Å². The van der Waals surface area contributed by atoms with Crippen molar-refractivity contribution in [1.82, 2.24) is 0 Å². The van der Waals surface area contributed by atoms with Crippen molar-refractivity contribution in [3.8, 4) is 0 Å². The van der Waals surface area contributed by atoms with E-state index in [0.29, 0.717) is 0 Å². The number of carbonyl (C=O) groups is 1. The summed E-state index contributed by atoms with van der Waals surface area (Å²) in [5.74, 6) is 0.125. The summed E-state index contributed by atoms with van der Waals surface area (Å²) in [6.07, 6.45) is 8.57. The molecule has 1 rings (SSSR count). The number of hydrogen-bond donors (Lipinski definition) is 1. The monoisotopic (exact) mass is 196 g/mol. The van der Waals surface area contributed by atoms with E-state index in [9.17, 15) is 4.79 Å². The van der Waals surface area contributed by atoms with Gasteiger partial charge >= 0.3 is 0 Å². The Bertz CT molecular complexity index is 226. The SMILES string of the molecule is CCC(C=O)C1=CCCC(C)=C1.CO. The molecular formula is C12H20O2. The van der Waals surface area contributed by atoms with Crippen LogP contribution in [0.15, 0.2) is 23.3 Å². The van der Waals surface area contributed by atoms with Crippen LogP contribution in [-0.4, -0.2) is 18.5 Å². The second-order valence-electron chi connectivity index (χ2n) is 3.38. The van der Waals surface area contributed by atoms with Gasteiger partial charge in [0.15, 0.2) is 0 Å². The van der Waals surface area contributed by atoms with Crippen LogP contribution in [0, 0.1) is 5.92 Å². The molecule has 1 atom stereocenters. The molecule has 80 valence electrons. The minimum Gasteiger partial charge on any atom is -0.400 e. The lowest BCUT2D eigenvalue weighted by molar-refractivity contribution is -0.110. The van der Waals surface area contributed by atoms with Crippen molar-refractivity contribution >= 4 is 6.29 Å². The van der Waals surface area contributed by atoms with Crippen LogP contribution in [0.25, 0.3) is 0 Å². The van der Waals surface area contributed by atoms with Crippen LogP contribution >= 0.6 is 0 Å². The van der Waals surface area contributed by atoms with Gasteiger partial charge in [0.1, 0.15) is 6.29 Å². The van der Waals surface area contributed by atoms with Gasteiger partial charge in [-0.15, -0.1) is 0 Å². The van der Waals surface area contributed by atoms with E-state index in [1.165, 1.54) is 11.1 Å². The molecule has 0 bridgehead atoms. The third-order valence-electron chi connectivity index (χ3n) is 2.36. The molecule has 14 heavy (non-hydrogen) atoms. The second kappa shape index (κ2) is 7.51. The molecule has 2 nitrogen and oxygen atoms in total. The van der Waals surface area contributed by atoms with Gasteiger partial charge in [-0.25, -0.2) is 0 Å². The minimum atomic E-state index is 0.125. The molecule has 0 aliphatic heterocycles. The van der Waals surface area contributed by atoms with Gasteiger partial charge < -0.3 is 9.90 Å². The Morgan fingerprint density at radius 2 is 2.21 bits per heavy atom. The summed E-state index contributed by atoms with van der Waals surface area (Å²) >= 11 is 0. The summed E-state index contributed by atoms with van der Waals surface area (Å²) in [4.78, 5) is 10.7. The molecule has 0 amide bonds. The van der Waals surface area contributed by atoms with Gasteiger partial charge in [-0.3, -0.25) is 0 Å². The van der Waals surface area contributed by atoms with Crippen LogP contribution in [0.1, 0.15) is 33.1 Å². The first kappa shape index (κ1) is 13.1. The highest BCUT2D eigenvalue weighted by molar-refractivity contribution is 5.61. The zero-order valence-corrected chi connectivity index (χ0v) is 9.29. The van der Waals surface area contributed by atoms with Gasteiger partial charge in [0.25, 0.3) is 0 Å². The van der Waals surface area contributed by atoms with Crippen LogP contribution in [0.4, 0.5) is 0 Å². The van der Waals surface area contributed by atoms with Crippen molar-refractivity contribution in [2.24, 2.45) is 5.92 Å². The van der Waals surface area contributed by atoms with E-state index < -0.39 is 0 Å². The van der Waals surface area contributed by atoms with E-state index in [0.717, 1.165) is 32.7 Å². The quantitative estimate of drug-likeness (QED) is 0.704. The molecular weight excluding hydrogens is 176 g/mol. The average molecular weight is 196 g/mol. The van der Waals surface area contributed by atoms with Crippen molar-refractivity contribution in [1.29, 1.82) is 0 Å². The maximum absolute atomic E-state index is 10.7. The van der Waals surface area contributed by atoms with Crippen molar-refractivity contribution in [3.05, 3.63) is 23.3 Å². The fourth-order valence-corrected chi connectivity index (χ4v) is 1.55. The summed E-state index contributed by atoms with van der Waals surface area (Å²) in [6.45, 7) is 4.18. The molecule has 0 spiro atoms. The van der Waals surface area contributed by atoms with Gasteiger partial charge in [0, 0.05) is 13.0 Å². The maximum Gasteiger partial charge on any atom is 0.127 e. The average Bonchev–Trinajstić information content (AvgIpc) is 2.23. The van der Waals surface area contributed by atoms with Gasteiger partial charge in [-0.1, -0.05) is 24.6 Å². The third-order valence-corrected chi connectivity index (χ3v) is 2.36. The molecule has 0 radical (unpaired) electrons. The second-order valence-corrected chi connectivity index (χ2v) is 3.38. The van der Waals surface area contributed by atoms with E-state index >= 15 is 0 Å². The lowest BCUT2D eigenvalue weighted by Gasteiger charge is -2.14. The van der Waals surface area contributed by atoms with E-state index in [2.05, 4.69) is 26.0 Å². The normalized spacial score (nSPS) is 17.1. The highest BCUT2D eigenvalue weighted by Gasteiger charge is 2.11. The Morgan fingerprint density at radius 1 is 1.57 bits per heavy atom. The molecule has 0 fully saturated rings. The number of aliphatic hydroxyl groups is 1. The highest BCUT2D eigenvalue weighted by Crippen LogP contribution is 2.23. The summed E-state index contributed by atoms with van der Waals surface area (Å²) in [5, 5.41) is 7.00. The number of hydrogen-bond acceptors (Lipinski definition) is 2. The van der Waals surface area contributed by atoms with Crippen molar-refractivity contribution in [3.63, 3.8) is 0 Å². The minimum absolute atomic E-state index is 0.125. The first-order chi connectivity index (χ1) is 6.77. The maximum atomic E-state index is 10.7. The largest absolute Gasteiger partial charge is 0.400 e. The molecule has 0 aromatic heterocycles. The van der Waals surface area contributed by atoms with Crippen LogP contribution in [0.5, 0.6) is 0 Å². The zero-order chi connectivity index (χ0) is 11.0. The Balaban J connectivity index is 0.000000791. The van der Waals surface area contributed by atoms with Crippen molar-refractivity contribution in [2.75, 3.05) is 7.11 Å². The number of carbonyl (C=O) groups excluding carboxylic acids is 1. The number of aliphatic hydroxyl groups excluding tert-OH is 1. The van der Waals surface area contributed by atoms with Gasteiger partial charge in [0.2, 0.25) is 0 Å². The topological polar surface area (TPSA) is 37.3 Å².